The van der Waals surface area contributed by atoms with Gasteiger partial charge in [-0.3, -0.25) is 0 Å². The predicted molar refractivity (Wildman–Crippen MR) is 123 cm³/mol. The van der Waals surface area contributed by atoms with Gasteiger partial charge >= 0.3 is 6.01 Å². The van der Waals surface area contributed by atoms with Crippen LogP contribution in [0.5, 0.6) is 23.3 Å². The summed E-state index contributed by atoms with van der Waals surface area (Å²) in [6.45, 7) is 2.46. The van der Waals surface area contributed by atoms with E-state index in [0.717, 1.165) is 53.8 Å². The molecule has 3 aromatic rings. The molecule has 2 aromatic carbocycles. The van der Waals surface area contributed by atoms with Crippen molar-refractivity contribution in [2.24, 2.45) is 0 Å². The number of benzene rings is 2. The van der Waals surface area contributed by atoms with Crippen molar-refractivity contribution in [2.45, 2.75) is 12.8 Å². The normalized spacial score (nSPS) is 10.9. The maximum absolute atomic E-state index is 5.73. The van der Waals surface area contributed by atoms with Crippen LogP contribution >= 0.6 is 11.5 Å². The highest BCUT2D eigenvalue weighted by Gasteiger charge is 2.09. The number of methoxy groups -OCH3 is 3. The van der Waals surface area contributed by atoms with Gasteiger partial charge in [-0.25, -0.2) is 0 Å². The first kappa shape index (κ1) is 22.8. The Balaban J connectivity index is 1.39. The number of hydrogen-bond acceptors (Lipinski definition) is 8. The van der Waals surface area contributed by atoms with E-state index in [9.17, 15) is 0 Å². The minimum atomic E-state index is 0.427. The molecule has 166 valence electrons. The van der Waals surface area contributed by atoms with Gasteiger partial charge in [-0.15, -0.1) is 4.37 Å². The van der Waals surface area contributed by atoms with Crippen molar-refractivity contribution in [1.82, 2.24) is 14.3 Å². The van der Waals surface area contributed by atoms with Crippen molar-refractivity contribution in [3.8, 4) is 33.8 Å². The average Bonchev–Trinajstić information content (AvgIpc) is 3.29. The smallest absolute Gasteiger partial charge is 0.328 e. The van der Waals surface area contributed by atoms with Crippen molar-refractivity contribution in [1.29, 1.82) is 0 Å². The van der Waals surface area contributed by atoms with Gasteiger partial charge in [-0.2, -0.15) is 4.98 Å². The van der Waals surface area contributed by atoms with Crippen molar-refractivity contribution < 1.29 is 18.9 Å². The number of aromatic nitrogens is 2. The van der Waals surface area contributed by atoms with E-state index in [1.54, 1.807) is 21.3 Å². The fourth-order valence-corrected chi connectivity index (χ4v) is 3.72. The molecule has 0 radical (unpaired) electrons. The van der Waals surface area contributed by atoms with Gasteiger partial charge in [-0.1, -0.05) is 18.2 Å². The van der Waals surface area contributed by atoms with Gasteiger partial charge in [0.25, 0.3) is 0 Å². The Kier molecular flexibility index (Phi) is 8.49. The van der Waals surface area contributed by atoms with E-state index in [1.807, 2.05) is 36.4 Å². The molecule has 3 rings (SSSR count). The number of rotatable bonds is 12. The van der Waals surface area contributed by atoms with Gasteiger partial charge in [0.2, 0.25) is 0 Å². The summed E-state index contributed by atoms with van der Waals surface area (Å²) in [5.74, 6) is 2.31. The number of hydrogen-bond donors (Lipinski definition) is 0. The summed E-state index contributed by atoms with van der Waals surface area (Å²) in [4.78, 5) is 6.76. The van der Waals surface area contributed by atoms with Crippen LogP contribution in [0.1, 0.15) is 12.0 Å². The Morgan fingerprint density at radius 2 is 1.77 bits per heavy atom. The Labute approximate surface area is 187 Å². The molecule has 0 aliphatic rings. The lowest BCUT2D eigenvalue weighted by Gasteiger charge is -2.17. The summed E-state index contributed by atoms with van der Waals surface area (Å²) in [6.07, 6.45) is 1.84. The molecule has 0 amide bonds. The van der Waals surface area contributed by atoms with Crippen LogP contribution in [-0.2, 0) is 6.42 Å². The molecule has 7 nitrogen and oxygen atoms in total. The van der Waals surface area contributed by atoms with Crippen LogP contribution in [-0.4, -0.2) is 62.3 Å². The van der Waals surface area contributed by atoms with Gasteiger partial charge < -0.3 is 23.8 Å². The van der Waals surface area contributed by atoms with Crippen molar-refractivity contribution >= 4 is 11.5 Å². The van der Waals surface area contributed by atoms with E-state index < -0.39 is 0 Å². The molecular formula is C23H29N3O4S. The van der Waals surface area contributed by atoms with Crippen molar-refractivity contribution in [3.63, 3.8) is 0 Å². The third-order valence-electron chi connectivity index (χ3n) is 4.87. The van der Waals surface area contributed by atoms with E-state index in [4.69, 9.17) is 18.9 Å². The second-order valence-corrected chi connectivity index (χ2v) is 7.81. The van der Waals surface area contributed by atoms with Crippen LogP contribution < -0.4 is 18.9 Å². The zero-order valence-corrected chi connectivity index (χ0v) is 19.3. The van der Waals surface area contributed by atoms with Crippen LogP contribution in [0.25, 0.3) is 10.6 Å². The SMILES string of the molecule is COc1cccc(-c2nc(OCCCN(C)CCc3ccc(OC)c(OC)c3)ns2)c1. The number of ether oxygens (including phenoxy) is 4. The molecular weight excluding hydrogens is 414 g/mol. The molecule has 0 N–H and O–H groups in total. The summed E-state index contributed by atoms with van der Waals surface area (Å²) in [6, 6.07) is 14.3. The zero-order valence-electron chi connectivity index (χ0n) is 18.5. The molecule has 0 atom stereocenters. The largest absolute Gasteiger partial charge is 0.497 e. The molecule has 0 saturated carbocycles. The quantitative estimate of drug-likeness (QED) is 0.389. The van der Waals surface area contributed by atoms with E-state index in [2.05, 4.69) is 27.4 Å². The number of nitrogens with zero attached hydrogens (tertiary/aromatic N) is 3. The molecule has 0 aliphatic heterocycles. The third-order valence-corrected chi connectivity index (χ3v) is 5.62. The lowest BCUT2D eigenvalue weighted by atomic mass is 10.1. The van der Waals surface area contributed by atoms with Gasteiger partial charge in [0, 0.05) is 18.7 Å². The molecule has 0 saturated heterocycles. The molecule has 1 aromatic heterocycles. The summed E-state index contributed by atoms with van der Waals surface area (Å²) in [5.41, 5.74) is 2.19. The second-order valence-electron chi connectivity index (χ2n) is 7.06. The van der Waals surface area contributed by atoms with Gasteiger partial charge in [-0.05, 0) is 61.3 Å². The average molecular weight is 444 g/mol. The van der Waals surface area contributed by atoms with Crippen LogP contribution in [0.15, 0.2) is 42.5 Å². The summed E-state index contributed by atoms with van der Waals surface area (Å²) in [5, 5.41) is 0.820. The second kappa shape index (κ2) is 11.5. The topological polar surface area (TPSA) is 65.9 Å². The Morgan fingerprint density at radius 1 is 0.935 bits per heavy atom. The van der Waals surface area contributed by atoms with Crippen LogP contribution in [0, 0.1) is 0 Å². The summed E-state index contributed by atoms with van der Waals surface area (Å²) in [7, 11) is 7.07. The highest BCUT2D eigenvalue weighted by Crippen LogP contribution is 2.28. The van der Waals surface area contributed by atoms with E-state index in [1.165, 1.54) is 17.1 Å². The first-order valence-electron chi connectivity index (χ1n) is 10.1. The van der Waals surface area contributed by atoms with Crippen LogP contribution in [0.4, 0.5) is 0 Å². The fraction of sp³-hybridized carbons (Fsp3) is 0.391. The Hall–Kier alpha value is -2.84. The Bertz CT molecular complexity index is 963. The minimum absolute atomic E-state index is 0.427. The number of likely N-dealkylation sites (N-methyl/N-ethyl adjacent to an activating group) is 1. The minimum Gasteiger partial charge on any atom is -0.497 e. The van der Waals surface area contributed by atoms with Gasteiger partial charge in [0.1, 0.15) is 10.8 Å². The standard InChI is InChI=1S/C23H29N3O4S/c1-26(13-11-17-9-10-20(28-3)21(15-17)29-4)12-6-14-30-23-24-22(31-25-23)18-7-5-8-19(16-18)27-2/h5,7-10,15-16H,6,11-14H2,1-4H3. The molecule has 0 aliphatic carbocycles. The summed E-state index contributed by atoms with van der Waals surface area (Å²) < 4.78 is 26.0. The van der Waals surface area contributed by atoms with Gasteiger partial charge in [0.05, 0.1) is 27.9 Å². The first-order valence-corrected chi connectivity index (χ1v) is 10.9. The third kappa shape index (κ3) is 6.57. The Morgan fingerprint density at radius 3 is 2.55 bits per heavy atom. The zero-order chi connectivity index (χ0) is 22.1. The monoisotopic (exact) mass is 443 g/mol. The fourth-order valence-electron chi connectivity index (χ4n) is 3.11. The van der Waals surface area contributed by atoms with E-state index in [-0.39, 0.29) is 0 Å². The molecule has 0 spiro atoms. The predicted octanol–water partition coefficient (Wildman–Crippen LogP) is 4.17. The highest BCUT2D eigenvalue weighted by atomic mass is 32.1. The molecule has 0 fully saturated rings. The molecule has 0 bridgehead atoms. The van der Waals surface area contributed by atoms with E-state index in [0.29, 0.717) is 12.6 Å². The molecule has 1 heterocycles. The molecule has 8 heteroatoms. The van der Waals surface area contributed by atoms with E-state index >= 15 is 0 Å². The first-order chi connectivity index (χ1) is 15.1. The van der Waals surface area contributed by atoms with Gasteiger partial charge in [0.15, 0.2) is 11.5 Å². The lowest BCUT2D eigenvalue weighted by Crippen LogP contribution is -2.23. The maximum Gasteiger partial charge on any atom is 0.328 e. The van der Waals surface area contributed by atoms with Crippen LogP contribution in [0.2, 0.25) is 0 Å². The summed E-state index contributed by atoms with van der Waals surface area (Å²) >= 11 is 1.33. The maximum atomic E-state index is 5.73. The lowest BCUT2D eigenvalue weighted by molar-refractivity contribution is 0.253. The van der Waals surface area contributed by atoms with Crippen LogP contribution in [0.3, 0.4) is 0 Å². The molecule has 31 heavy (non-hydrogen) atoms. The molecule has 0 unspecified atom stereocenters. The highest BCUT2D eigenvalue weighted by molar-refractivity contribution is 7.09. The van der Waals surface area contributed by atoms with Crippen molar-refractivity contribution in [2.75, 3.05) is 48.1 Å². The van der Waals surface area contributed by atoms with Crippen molar-refractivity contribution in [3.05, 3.63) is 48.0 Å².